The summed E-state index contributed by atoms with van der Waals surface area (Å²) in [5.41, 5.74) is 0.238. The van der Waals surface area contributed by atoms with Crippen LogP contribution in [-0.4, -0.2) is 47.2 Å². The molecule has 2 aromatic rings. The molecule has 35 heavy (non-hydrogen) atoms. The van der Waals surface area contributed by atoms with Crippen LogP contribution in [0.15, 0.2) is 18.2 Å². The molecule has 2 aliphatic carbocycles. The maximum absolute atomic E-state index is 13.6. The number of carbonyl (C=O) groups is 3. The summed E-state index contributed by atoms with van der Waals surface area (Å²) in [6.07, 6.45) is 0.0597. The van der Waals surface area contributed by atoms with E-state index in [1.807, 2.05) is 4.57 Å². The van der Waals surface area contributed by atoms with Gasteiger partial charge in [-0.05, 0) is 43.4 Å². The summed E-state index contributed by atoms with van der Waals surface area (Å²) in [4.78, 5) is 38.7. The standard InChI is InChI=1S/C24H24F4N4O3/c1-11-19(21(34)31-13-3-4-14(25)15(26)7-13)17-6-12-5-16(12)32(17)20(11)18(33)8-30-23(22(35)29-2)9-24(27,28)10-23/h3-4,7,12,16,30H,5-6,8-10H2,1-2H3,(H,29,35)(H,31,34)/t12-,16-/m1/s1. The van der Waals surface area contributed by atoms with E-state index in [4.69, 9.17) is 0 Å². The fourth-order valence-electron chi connectivity index (χ4n) is 5.53. The van der Waals surface area contributed by atoms with Gasteiger partial charge in [0, 0.05) is 43.4 Å². The van der Waals surface area contributed by atoms with Gasteiger partial charge >= 0.3 is 0 Å². The average Bonchev–Trinajstić information content (AvgIpc) is 3.35. The first-order valence-electron chi connectivity index (χ1n) is 11.3. The number of carbonyl (C=O) groups excluding carboxylic acids is 3. The van der Waals surface area contributed by atoms with Crippen molar-refractivity contribution in [3.05, 3.63) is 52.3 Å². The summed E-state index contributed by atoms with van der Waals surface area (Å²) < 4.78 is 55.9. The van der Waals surface area contributed by atoms with E-state index in [0.29, 0.717) is 34.9 Å². The zero-order valence-electron chi connectivity index (χ0n) is 19.1. The van der Waals surface area contributed by atoms with Crippen molar-refractivity contribution >= 4 is 23.3 Å². The van der Waals surface area contributed by atoms with Crippen molar-refractivity contribution in [2.24, 2.45) is 5.92 Å². The van der Waals surface area contributed by atoms with Crippen LogP contribution in [0.3, 0.4) is 0 Å². The monoisotopic (exact) mass is 492 g/mol. The lowest BCUT2D eigenvalue weighted by atomic mass is 9.72. The van der Waals surface area contributed by atoms with Gasteiger partial charge in [0.25, 0.3) is 11.8 Å². The number of anilines is 1. The van der Waals surface area contributed by atoms with Crippen LogP contribution in [-0.2, 0) is 11.2 Å². The zero-order chi connectivity index (χ0) is 25.3. The molecule has 7 nitrogen and oxygen atoms in total. The van der Waals surface area contributed by atoms with Crippen molar-refractivity contribution in [3.63, 3.8) is 0 Å². The number of alkyl halides is 2. The van der Waals surface area contributed by atoms with Gasteiger partial charge in [-0.25, -0.2) is 17.6 Å². The largest absolute Gasteiger partial charge is 0.358 e. The van der Waals surface area contributed by atoms with Crippen molar-refractivity contribution in [2.75, 3.05) is 18.9 Å². The molecule has 2 saturated carbocycles. The summed E-state index contributed by atoms with van der Waals surface area (Å²) >= 11 is 0. The second-order valence-corrected chi connectivity index (χ2v) is 9.66. The maximum atomic E-state index is 13.6. The minimum absolute atomic E-state index is 0.0735. The molecule has 0 bridgehead atoms. The molecule has 1 aromatic carbocycles. The second kappa shape index (κ2) is 7.91. The molecule has 2 fully saturated rings. The van der Waals surface area contributed by atoms with Crippen LogP contribution in [0.2, 0.25) is 0 Å². The maximum Gasteiger partial charge on any atom is 0.257 e. The van der Waals surface area contributed by atoms with Gasteiger partial charge in [0.2, 0.25) is 5.91 Å². The Labute approximate surface area is 198 Å². The molecule has 186 valence electrons. The molecule has 0 radical (unpaired) electrons. The van der Waals surface area contributed by atoms with E-state index >= 15 is 0 Å². The van der Waals surface area contributed by atoms with E-state index in [9.17, 15) is 31.9 Å². The number of amides is 2. The number of nitrogens with one attached hydrogen (secondary N) is 3. The number of rotatable bonds is 7. The Morgan fingerprint density at radius 3 is 2.49 bits per heavy atom. The van der Waals surface area contributed by atoms with Gasteiger partial charge in [-0.2, -0.15) is 0 Å². The van der Waals surface area contributed by atoms with Gasteiger partial charge < -0.3 is 15.2 Å². The molecule has 2 amide bonds. The van der Waals surface area contributed by atoms with Crippen molar-refractivity contribution in [1.82, 2.24) is 15.2 Å². The quantitative estimate of drug-likeness (QED) is 0.409. The average molecular weight is 492 g/mol. The van der Waals surface area contributed by atoms with Gasteiger partial charge in [0.15, 0.2) is 17.4 Å². The Hall–Kier alpha value is -3.21. The lowest BCUT2D eigenvalue weighted by Gasteiger charge is -2.46. The molecule has 0 unspecified atom stereocenters. The molecular formula is C24H24F4N4O3. The minimum atomic E-state index is -2.99. The summed E-state index contributed by atoms with van der Waals surface area (Å²) in [6.45, 7) is 1.28. The first-order valence-corrected chi connectivity index (χ1v) is 11.3. The number of hydrogen-bond donors (Lipinski definition) is 3. The number of fused-ring (bicyclic) bond motifs is 3. The molecular weight excluding hydrogens is 468 g/mol. The third-order valence-electron chi connectivity index (χ3n) is 7.26. The van der Waals surface area contributed by atoms with Crippen LogP contribution in [0, 0.1) is 24.5 Å². The Morgan fingerprint density at radius 2 is 1.86 bits per heavy atom. The molecule has 2 heterocycles. The SMILES string of the molecule is CNC(=O)C1(NCC(=O)c2c(C)c(C(=O)Nc3ccc(F)c(F)c3)c3n2[C@@H]2C[C@@H]2C3)CC(F)(F)C1. The second-order valence-electron chi connectivity index (χ2n) is 9.66. The number of hydrogen-bond acceptors (Lipinski definition) is 4. The van der Waals surface area contributed by atoms with Crippen LogP contribution in [0.25, 0.3) is 0 Å². The molecule has 11 heteroatoms. The number of likely N-dealkylation sites (N-methyl/N-ethyl adjacent to an activating group) is 1. The normalized spacial score (nSPS) is 22.6. The number of halogens is 4. The molecule has 0 spiro atoms. The Kier molecular flexibility index (Phi) is 5.31. The summed E-state index contributed by atoms with van der Waals surface area (Å²) in [5, 5.41) is 7.67. The van der Waals surface area contributed by atoms with Crippen molar-refractivity contribution in [1.29, 1.82) is 0 Å². The highest BCUT2D eigenvalue weighted by Gasteiger charge is 2.60. The van der Waals surface area contributed by atoms with Crippen LogP contribution < -0.4 is 16.0 Å². The highest BCUT2D eigenvalue weighted by atomic mass is 19.3. The van der Waals surface area contributed by atoms with Gasteiger partial charge in [-0.3, -0.25) is 19.7 Å². The number of aromatic nitrogens is 1. The van der Waals surface area contributed by atoms with Crippen molar-refractivity contribution in [2.45, 2.75) is 50.1 Å². The van der Waals surface area contributed by atoms with Gasteiger partial charge in [0.05, 0.1) is 17.8 Å². The molecule has 0 saturated heterocycles. The fourth-order valence-corrected chi connectivity index (χ4v) is 5.53. The van der Waals surface area contributed by atoms with Crippen LogP contribution in [0.1, 0.15) is 57.4 Å². The smallest absolute Gasteiger partial charge is 0.257 e. The topological polar surface area (TPSA) is 92.2 Å². The number of Topliss-reactive ketones (excluding diaryl/α,β-unsaturated/α-hetero) is 1. The zero-order valence-corrected chi connectivity index (χ0v) is 19.1. The minimum Gasteiger partial charge on any atom is -0.358 e. The van der Waals surface area contributed by atoms with Gasteiger partial charge in [-0.15, -0.1) is 0 Å². The highest BCUT2D eigenvalue weighted by molar-refractivity contribution is 6.10. The summed E-state index contributed by atoms with van der Waals surface area (Å²) in [7, 11) is 1.35. The van der Waals surface area contributed by atoms with Crippen molar-refractivity contribution in [3.8, 4) is 0 Å². The molecule has 1 aromatic heterocycles. The van der Waals surface area contributed by atoms with E-state index in [1.54, 1.807) is 6.92 Å². The predicted molar refractivity (Wildman–Crippen MR) is 118 cm³/mol. The van der Waals surface area contributed by atoms with E-state index in [0.717, 1.165) is 18.6 Å². The summed E-state index contributed by atoms with van der Waals surface area (Å²) in [5.74, 6) is -6.39. The molecule has 5 rings (SSSR count). The number of nitrogens with zero attached hydrogens (tertiary/aromatic N) is 1. The fraction of sp³-hybridized carbons (Fsp3) is 0.458. The van der Waals surface area contributed by atoms with E-state index in [2.05, 4.69) is 16.0 Å². The first-order chi connectivity index (χ1) is 16.5. The Balaban J connectivity index is 1.41. The number of benzene rings is 1. The first kappa shape index (κ1) is 23.5. The van der Waals surface area contributed by atoms with Crippen molar-refractivity contribution < 1.29 is 31.9 Å². The van der Waals surface area contributed by atoms with E-state index in [-0.39, 0.29) is 18.3 Å². The van der Waals surface area contributed by atoms with Crippen LogP contribution in [0.4, 0.5) is 23.2 Å². The molecule has 1 aliphatic heterocycles. The lowest BCUT2D eigenvalue weighted by Crippen LogP contribution is -2.68. The van der Waals surface area contributed by atoms with E-state index < -0.39 is 53.5 Å². The number of ketones is 1. The summed E-state index contributed by atoms with van der Waals surface area (Å²) in [6, 6.07) is 3.10. The predicted octanol–water partition coefficient (Wildman–Crippen LogP) is 3.13. The lowest BCUT2D eigenvalue weighted by molar-refractivity contribution is -0.161. The third-order valence-corrected chi connectivity index (χ3v) is 7.26. The third kappa shape index (κ3) is 3.81. The molecule has 2 atom stereocenters. The van der Waals surface area contributed by atoms with Gasteiger partial charge in [0.1, 0.15) is 5.54 Å². The highest BCUT2D eigenvalue weighted by Crippen LogP contribution is 2.54. The molecule has 3 N–H and O–H groups in total. The van der Waals surface area contributed by atoms with Gasteiger partial charge in [-0.1, -0.05) is 0 Å². The van der Waals surface area contributed by atoms with Crippen LogP contribution in [0.5, 0.6) is 0 Å². The van der Waals surface area contributed by atoms with E-state index in [1.165, 1.54) is 13.1 Å². The Bertz CT molecular complexity index is 1260. The Morgan fingerprint density at radius 1 is 1.14 bits per heavy atom. The molecule has 3 aliphatic rings. The van der Waals surface area contributed by atoms with Crippen LogP contribution >= 0.6 is 0 Å².